The van der Waals surface area contributed by atoms with Crippen LogP contribution in [0, 0.1) is 17.8 Å². The van der Waals surface area contributed by atoms with Crippen molar-refractivity contribution in [2.24, 2.45) is 23.5 Å². The van der Waals surface area contributed by atoms with E-state index in [2.05, 4.69) is 4.98 Å². The highest BCUT2D eigenvalue weighted by atomic mass is 35.5. The Bertz CT molecular complexity index is 861. The number of hydrogen-bond acceptors (Lipinski definition) is 3. The number of ether oxygens (including phenoxy) is 1. The van der Waals surface area contributed by atoms with E-state index in [0.717, 1.165) is 24.1 Å². The minimum absolute atomic E-state index is 0.0385. The first-order valence-corrected chi connectivity index (χ1v) is 9.15. The Morgan fingerprint density at radius 2 is 1.96 bits per heavy atom. The first-order chi connectivity index (χ1) is 11.5. The molecular formula is C19H21ClN2O2. The summed E-state index contributed by atoms with van der Waals surface area (Å²) in [7, 11) is 0. The molecule has 1 aromatic carbocycles. The molecule has 4 saturated carbocycles. The van der Waals surface area contributed by atoms with Gasteiger partial charge < -0.3 is 15.5 Å². The molecule has 2 aromatic rings. The van der Waals surface area contributed by atoms with Gasteiger partial charge in [0.2, 0.25) is 0 Å². The Labute approximate surface area is 145 Å². The second-order valence-electron chi connectivity index (χ2n) is 8.09. The summed E-state index contributed by atoms with van der Waals surface area (Å²) in [5.41, 5.74) is 6.49. The van der Waals surface area contributed by atoms with Gasteiger partial charge in [-0.2, -0.15) is 0 Å². The van der Waals surface area contributed by atoms with Crippen LogP contribution in [0.15, 0.2) is 29.2 Å². The van der Waals surface area contributed by atoms with Crippen LogP contribution in [-0.4, -0.2) is 16.6 Å². The van der Waals surface area contributed by atoms with Crippen molar-refractivity contribution >= 4 is 22.4 Å². The van der Waals surface area contributed by atoms with Gasteiger partial charge in [0.25, 0.3) is 5.56 Å². The average Bonchev–Trinajstić information content (AvgIpc) is 2.51. The Morgan fingerprint density at radius 1 is 1.21 bits per heavy atom. The number of pyridine rings is 1. The van der Waals surface area contributed by atoms with Crippen molar-refractivity contribution in [3.8, 4) is 5.75 Å². The van der Waals surface area contributed by atoms with Gasteiger partial charge in [-0.1, -0.05) is 11.6 Å². The molecule has 0 spiro atoms. The van der Waals surface area contributed by atoms with Gasteiger partial charge in [0.05, 0.1) is 5.02 Å². The Hall–Kier alpha value is -1.52. The zero-order valence-electron chi connectivity index (χ0n) is 13.4. The van der Waals surface area contributed by atoms with Crippen molar-refractivity contribution in [1.29, 1.82) is 0 Å². The quantitative estimate of drug-likeness (QED) is 0.876. The number of fused-ring (bicyclic) bond motifs is 1. The fourth-order valence-corrected chi connectivity index (χ4v) is 5.87. The van der Waals surface area contributed by atoms with Gasteiger partial charge in [0, 0.05) is 17.1 Å². The molecule has 126 valence electrons. The zero-order valence-corrected chi connectivity index (χ0v) is 14.2. The molecule has 0 aliphatic heterocycles. The molecule has 2 atom stereocenters. The minimum atomic E-state index is -0.124. The number of aromatic amines is 1. The molecule has 4 fully saturated rings. The molecule has 4 aliphatic rings. The molecular weight excluding hydrogens is 324 g/mol. The topological polar surface area (TPSA) is 68.1 Å². The lowest BCUT2D eigenvalue weighted by Crippen LogP contribution is -2.62. The molecule has 1 heterocycles. The van der Waals surface area contributed by atoms with Gasteiger partial charge in [-0.25, -0.2) is 0 Å². The van der Waals surface area contributed by atoms with E-state index in [4.69, 9.17) is 22.1 Å². The summed E-state index contributed by atoms with van der Waals surface area (Å²) in [5, 5.41) is 1.97. The van der Waals surface area contributed by atoms with Gasteiger partial charge >= 0.3 is 0 Å². The van der Waals surface area contributed by atoms with Crippen LogP contribution in [-0.2, 0) is 0 Å². The van der Waals surface area contributed by atoms with Crippen LogP contribution in [0.3, 0.4) is 0 Å². The predicted octanol–water partition coefficient (Wildman–Crippen LogP) is 3.47. The number of halogens is 1. The van der Waals surface area contributed by atoms with Gasteiger partial charge in [-0.3, -0.25) is 4.79 Å². The van der Waals surface area contributed by atoms with Gasteiger partial charge in [-0.05, 0) is 73.4 Å². The molecule has 24 heavy (non-hydrogen) atoms. The largest absolute Gasteiger partial charge is 0.488 e. The third-order valence-electron chi connectivity index (χ3n) is 6.32. The van der Waals surface area contributed by atoms with Crippen molar-refractivity contribution in [3.05, 3.63) is 39.8 Å². The number of H-pyrrole nitrogens is 1. The molecule has 0 amide bonds. The van der Waals surface area contributed by atoms with Crippen LogP contribution in [0.1, 0.15) is 32.1 Å². The van der Waals surface area contributed by atoms with Crippen molar-refractivity contribution in [2.75, 3.05) is 0 Å². The highest BCUT2D eigenvalue weighted by Gasteiger charge is 2.54. The highest BCUT2D eigenvalue weighted by molar-refractivity contribution is 6.32. The van der Waals surface area contributed by atoms with E-state index in [0.29, 0.717) is 28.0 Å². The summed E-state index contributed by atoms with van der Waals surface area (Å²) in [6, 6.07) is 5.49. The predicted molar refractivity (Wildman–Crippen MR) is 94.5 cm³/mol. The zero-order chi connectivity index (χ0) is 16.5. The highest BCUT2D eigenvalue weighted by Crippen LogP contribution is 2.55. The maximum absolute atomic E-state index is 11.9. The average molecular weight is 345 g/mol. The van der Waals surface area contributed by atoms with Crippen LogP contribution >= 0.6 is 11.6 Å². The van der Waals surface area contributed by atoms with Crippen LogP contribution < -0.4 is 16.0 Å². The molecule has 4 aliphatic carbocycles. The number of rotatable bonds is 2. The van der Waals surface area contributed by atoms with Crippen molar-refractivity contribution in [1.82, 2.24) is 4.98 Å². The minimum Gasteiger partial charge on any atom is -0.488 e. The summed E-state index contributed by atoms with van der Waals surface area (Å²) in [5.74, 6) is 2.54. The molecule has 4 bridgehead atoms. The molecule has 5 heteroatoms. The maximum Gasteiger partial charge on any atom is 0.255 e. The van der Waals surface area contributed by atoms with Gasteiger partial charge in [0.1, 0.15) is 11.9 Å². The summed E-state index contributed by atoms with van der Waals surface area (Å²) in [4.78, 5) is 14.6. The third kappa shape index (κ3) is 2.20. The smallest absolute Gasteiger partial charge is 0.255 e. The van der Waals surface area contributed by atoms with Crippen LogP contribution in [0.25, 0.3) is 10.8 Å². The van der Waals surface area contributed by atoms with E-state index in [1.165, 1.54) is 19.3 Å². The lowest BCUT2D eigenvalue weighted by atomic mass is 9.52. The standard InChI is InChI=1S/C19H21ClN2O2/c20-15-6-14-11(1-2-22-18(14)23)5-16(15)24-17-12-3-10-4-13(17)9-19(21,7-10)8-12/h1-2,5-6,10,12-13,17H,3-4,7-9,21H2,(H,22,23)/t10?,12?,13?,17-,19+. The molecule has 0 radical (unpaired) electrons. The number of hydrogen-bond donors (Lipinski definition) is 2. The second-order valence-corrected chi connectivity index (χ2v) is 8.50. The van der Waals surface area contributed by atoms with E-state index in [1.807, 2.05) is 12.1 Å². The van der Waals surface area contributed by atoms with E-state index in [9.17, 15) is 4.79 Å². The Kier molecular flexibility index (Phi) is 3.08. The Morgan fingerprint density at radius 3 is 2.67 bits per heavy atom. The SMILES string of the molecule is N[C@]12CC3CC(C1)[C@H](Oc1cc4cc[nH]c(=O)c4cc1Cl)C(C3)C2. The normalized spacial score (nSPS) is 37.1. The lowest BCUT2D eigenvalue weighted by molar-refractivity contribution is -0.0894. The molecule has 6 rings (SSSR count). The van der Waals surface area contributed by atoms with Gasteiger partial charge in [-0.15, -0.1) is 0 Å². The second kappa shape index (κ2) is 4.99. The monoisotopic (exact) mass is 344 g/mol. The van der Waals surface area contributed by atoms with Gasteiger partial charge in [0.15, 0.2) is 0 Å². The van der Waals surface area contributed by atoms with E-state index < -0.39 is 0 Å². The number of nitrogens with two attached hydrogens (primary N) is 1. The summed E-state index contributed by atoms with van der Waals surface area (Å²) >= 11 is 6.41. The third-order valence-corrected chi connectivity index (χ3v) is 6.62. The molecule has 0 saturated heterocycles. The Balaban J connectivity index is 1.49. The fourth-order valence-electron chi connectivity index (χ4n) is 5.66. The molecule has 2 unspecified atom stereocenters. The fraction of sp³-hybridized carbons (Fsp3) is 0.526. The summed E-state index contributed by atoms with van der Waals surface area (Å²) < 4.78 is 6.42. The van der Waals surface area contributed by atoms with Crippen molar-refractivity contribution < 1.29 is 4.74 Å². The summed E-state index contributed by atoms with van der Waals surface area (Å²) in [6.07, 6.45) is 7.63. The van der Waals surface area contributed by atoms with Crippen LogP contribution in [0.4, 0.5) is 0 Å². The lowest BCUT2D eigenvalue weighted by Gasteiger charge is -2.58. The number of aromatic nitrogens is 1. The van der Waals surface area contributed by atoms with Crippen molar-refractivity contribution in [2.45, 2.75) is 43.7 Å². The first-order valence-electron chi connectivity index (χ1n) is 8.77. The first kappa shape index (κ1) is 14.8. The number of benzene rings is 1. The molecule has 1 aromatic heterocycles. The maximum atomic E-state index is 11.9. The molecule has 3 N–H and O–H groups in total. The van der Waals surface area contributed by atoms with E-state index in [-0.39, 0.29) is 17.2 Å². The van der Waals surface area contributed by atoms with Crippen LogP contribution in [0.5, 0.6) is 5.75 Å². The number of nitrogens with one attached hydrogen (secondary N) is 1. The molecule has 4 nitrogen and oxygen atoms in total. The van der Waals surface area contributed by atoms with Crippen molar-refractivity contribution in [3.63, 3.8) is 0 Å². The van der Waals surface area contributed by atoms with E-state index in [1.54, 1.807) is 12.3 Å². The summed E-state index contributed by atoms with van der Waals surface area (Å²) in [6.45, 7) is 0. The van der Waals surface area contributed by atoms with Crippen LogP contribution in [0.2, 0.25) is 5.02 Å². The van der Waals surface area contributed by atoms with E-state index >= 15 is 0 Å².